The van der Waals surface area contributed by atoms with E-state index in [2.05, 4.69) is 37.4 Å². The quantitative estimate of drug-likeness (QED) is 0.640. The molecule has 0 saturated heterocycles. The van der Waals surface area contributed by atoms with Crippen molar-refractivity contribution in [3.63, 3.8) is 0 Å². The Balaban J connectivity index is 1.77. The number of aryl methyl sites for hydroxylation is 1. The van der Waals surface area contributed by atoms with Crippen molar-refractivity contribution in [2.45, 2.75) is 71.3 Å². The molecule has 0 bridgehead atoms. The Kier molecular flexibility index (Phi) is 7.08. The summed E-state index contributed by atoms with van der Waals surface area (Å²) in [5.74, 6) is 1.10. The summed E-state index contributed by atoms with van der Waals surface area (Å²) in [5.41, 5.74) is 2.87. The SMILES string of the molecule is CCCCCCC(CCc1ccc2c(c1)CCO2)NCC. The van der Waals surface area contributed by atoms with Gasteiger partial charge in [-0.2, -0.15) is 0 Å². The second kappa shape index (κ2) is 9.09. The van der Waals surface area contributed by atoms with E-state index in [0.717, 1.165) is 25.3 Å². The molecule has 118 valence electrons. The fourth-order valence-electron chi connectivity index (χ4n) is 3.19. The number of unbranched alkanes of at least 4 members (excludes halogenated alkanes) is 3. The number of nitrogens with one attached hydrogen (secondary N) is 1. The van der Waals surface area contributed by atoms with Crippen molar-refractivity contribution in [1.82, 2.24) is 5.32 Å². The molecule has 0 aliphatic carbocycles. The number of hydrogen-bond acceptors (Lipinski definition) is 2. The van der Waals surface area contributed by atoms with Gasteiger partial charge in [0, 0.05) is 12.5 Å². The van der Waals surface area contributed by atoms with Crippen molar-refractivity contribution in [2.24, 2.45) is 0 Å². The molecule has 0 amide bonds. The Morgan fingerprint density at radius 1 is 1.14 bits per heavy atom. The zero-order valence-corrected chi connectivity index (χ0v) is 13.8. The molecule has 0 saturated carbocycles. The Morgan fingerprint density at radius 2 is 2.05 bits per heavy atom. The summed E-state index contributed by atoms with van der Waals surface area (Å²) >= 11 is 0. The normalized spacial score (nSPS) is 14.8. The first-order chi connectivity index (χ1) is 10.3. The molecule has 1 aromatic carbocycles. The van der Waals surface area contributed by atoms with E-state index in [1.165, 1.54) is 56.1 Å². The van der Waals surface area contributed by atoms with Crippen LogP contribution in [0.4, 0.5) is 0 Å². The van der Waals surface area contributed by atoms with Crippen LogP contribution in [0.3, 0.4) is 0 Å². The summed E-state index contributed by atoms with van der Waals surface area (Å²) in [4.78, 5) is 0. The van der Waals surface area contributed by atoms with Crippen LogP contribution in [0.5, 0.6) is 5.75 Å². The molecule has 0 spiro atoms. The third kappa shape index (κ3) is 5.35. The van der Waals surface area contributed by atoms with Crippen LogP contribution in [0.25, 0.3) is 0 Å². The third-order valence-electron chi connectivity index (χ3n) is 4.43. The number of ether oxygens (including phenoxy) is 1. The van der Waals surface area contributed by atoms with Gasteiger partial charge in [0.15, 0.2) is 0 Å². The first-order valence-corrected chi connectivity index (χ1v) is 8.81. The van der Waals surface area contributed by atoms with Crippen molar-refractivity contribution < 1.29 is 4.74 Å². The van der Waals surface area contributed by atoms with E-state index in [1.807, 2.05) is 0 Å². The molecule has 1 N–H and O–H groups in total. The van der Waals surface area contributed by atoms with Gasteiger partial charge < -0.3 is 10.1 Å². The molecule has 0 fully saturated rings. The number of fused-ring (bicyclic) bond motifs is 1. The van der Waals surface area contributed by atoms with Gasteiger partial charge in [0.2, 0.25) is 0 Å². The highest BCUT2D eigenvalue weighted by Crippen LogP contribution is 2.26. The van der Waals surface area contributed by atoms with Crippen LogP contribution >= 0.6 is 0 Å². The minimum atomic E-state index is 0.677. The van der Waals surface area contributed by atoms with Crippen LogP contribution in [-0.4, -0.2) is 19.2 Å². The summed E-state index contributed by atoms with van der Waals surface area (Å²) < 4.78 is 5.58. The fraction of sp³-hybridized carbons (Fsp3) is 0.684. The molecule has 0 aromatic heterocycles. The molecule has 2 nitrogen and oxygen atoms in total. The number of hydrogen-bond donors (Lipinski definition) is 1. The van der Waals surface area contributed by atoms with Crippen LogP contribution < -0.4 is 10.1 Å². The van der Waals surface area contributed by atoms with Crippen LogP contribution in [0.15, 0.2) is 18.2 Å². The zero-order chi connectivity index (χ0) is 14.9. The molecular formula is C19H31NO. The minimum Gasteiger partial charge on any atom is -0.493 e. The van der Waals surface area contributed by atoms with Gasteiger partial charge in [-0.05, 0) is 43.0 Å². The maximum atomic E-state index is 5.58. The zero-order valence-electron chi connectivity index (χ0n) is 13.8. The van der Waals surface area contributed by atoms with Gasteiger partial charge in [-0.3, -0.25) is 0 Å². The van der Waals surface area contributed by atoms with Crippen molar-refractivity contribution >= 4 is 0 Å². The van der Waals surface area contributed by atoms with E-state index in [4.69, 9.17) is 4.74 Å². The lowest BCUT2D eigenvalue weighted by molar-refractivity contribution is 0.357. The molecule has 1 heterocycles. The summed E-state index contributed by atoms with van der Waals surface area (Å²) in [6, 6.07) is 7.42. The van der Waals surface area contributed by atoms with E-state index < -0.39 is 0 Å². The van der Waals surface area contributed by atoms with Crippen molar-refractivity contribution in [3.05, 3.63) is 29.3 Å². The van der Waals surface area contributed by atoms with Gasteiger partial charge in [-0.25, -0.2) is 0 Å². The standard InChI is InChI=1S/C19H31NO/c1-3-5-6-7-8-18(20-4-2)11-9-16-10-12-19-17(15-16)13-14-21-19/h10,12,15,18,20H,3-9,11,13-14H2,1-2H3. The fourth-order valence-corrected chi connectivity index (χ4v) is 3.19. The highest BCUT2D eigenvalue weighted by molar-refractivity contribution is 5.39. The number of benzene rings is 1. The largest absolute Gasteiger partial charge is 0.493 e. The van der Waals surface area contributed by atoms with E-state index in [9.17, 15) is 0 Å². The maximum Gasteiger partial charge on any atom is 0.122 e. The molecule has 0 radical (unpaired) electrons. The van der Waals surface area contributed by atoms with Crippen LogP contribution in [0, 0.1) is 0 Å². The lowest BCUT2D eigenvalue weighted by Gasteiger charge is -2.18. The van der Waals surface area contributed by atoms with Crippen molar-refractivity contribution in [3.8, 4) is 5.75 Å². The van der Waals surface area contributed by atoms with E-state index >= 15 is 0 Å². The summed E-state index contributed by atoms with van der Waals surface area (Å²) in [7, 11) is 0. The highest BCUT2D eigenvalue weighted by atomic mass is 16.5. The second-order valence-electron chi connectivity index (χ2n) is 6.18. The van der Waals surface area contributed by atoms with Gasteiger partial charge in [0.25, 0.3) is 0 Å². The first-order valence-electron chi connectivity index (χ1n) is 8.81. The summed E-state index contributed by atoms with van der Waals surface area (Å²) in [5, 5.41) is 3.66. The summed E-state index contributed by atoms with van der Waals surface area (Å²) in [6.07, 6.45) is 10.3. The Labute approximate surface area is 130 Å². The molecule has 21 heavy (non-hydrogen) atoms. The topological polar surface area (TPSA) is 21.3 Å². The third-order valence-corrected chi connectivity index (χ3v) is 4.43. The smallest absolute Gasteiger partial charge is 0.122 e. The van der Waals surface area contributed by atoms with Crippen LogP contribution in [0.1, 0.15) is 63.5 Å². The van der Waals surface area contributed by atoms with Gasteiger partial charge >= 0.3 is 0 Å². The lowest BCUT2D eigenvalue weighted by Crippen LogP contribution is -2.29. The predicted molar refractivity (Wildman–Crippen MR) is 90.2 cm³/mol. The van der Waals surface area contributed by atoms with Gasteiger partial charge in [0.05, 0.1) is 6.61 Å². The monoisotopic (exact) mass is 289 g/mol. The van der Waals surface area contributed by atoms with E-state index in [1.54, 1.807) is 0 Å². The molecule has 1 aliphatic heterocycles. The van der Waals surface area contributed by atoms with Crippen molar-refractivity contribution in [1.29, 1.82) is 0 Å². The van der Waals surface area contributed by atoms with Gasteiger partial charge in [0.1, 0.15) is 5.75 Å². The maximum absolute atomic E-state index is 5.58. The molecule has 1 aromatic rings. The minimum absolute atomic E-state index is 0.677. The molecule has 1 aliphatic rings. The Morgan fingerprint density at radius 3 is 2.86 bits per heavy atom. The number of rotatable bonds is 10. The second-order valence-corrected chi connectivity index (χ2v) is 6.18. The average molecular weight is 289 g/mol. The summed E-state index contributed by atoms with van der Waals surface area (Å²) in [6.45, 7) is 6.43. The van der Waals surface area contributed by atoms with Crippen LogP contribution in [0.2, 0.25) is 0 Å². The highest BCUT2D eigenvalue weighted by Gasteiger charge is 2.13. The molecule has 1 unspecified atom stereocenters. The molecule has 2 heteroatoms. The first kappa shape index (κ1) is 16.4. The molecular weight excluding hydrogens is 258 g/mol. The van der Waals surface area contributed by atoms with E-state index in [-0.39, 0.29) is 0 Å². The predicted octanol–water partition coefficient (Wildman–Crippen LogP) is 4.50. The van der Waals surface area contributed by atoms with Crippen LogP contribution in [-0.2, 0) is 12.8 Å². The Hall–Kier alpha value is -1.02. The Bertz CT molecular complexity index is 416. The van der Waals surface area contributed by atoms with E-state index in [0.29, 0.717) is 6.04 Å². The van der Waals surface area contributed by atoms with Gasteiger partial charge in [-0.1, -0.05) is 51.7 Å². The van der Waals surface area contributed by atoms with Crippen molar-refractivity contribution in [2.75, 3.05) is 13.2 Å². The molecule has 2 rings (SSSR count). The average Bonchev–Trinajstić information content (AvgIpc) is 2.96. The lowest BCUT2D eigenvalue weighted by atomic mass is 9.98. The van der Waals surface area contributed by atoms with Gasteiger partial charge in [-0.15, -0.1) is 0 Å². The molecule has 1 atom stereocenters.